The Balaban J connectivity index is 1.98. The number of aliphatic carboxylic acids is 1. The predicted molar refractivity (Wildman–Crippen MR) is 69.8 cm³/mol. The average molecular weight is 305 g/mol. The molecule has 1 aliphatic heterocycles. The van der Waals surface area contributed by atoms with E-state index in [1.54, 1.807) is 0 Å². The van der Waals surface area contributed by atoms with Crippen molar-refractivity contribution in [1.82, 2.24) is 4.72 Å². The Labute approximate surface area is 115 Å². The van der Waals surface area contributed by atoms with Crippen molar-refractivity contribution >= 4 is 27.3 Å². The summed E-state index contributed by atoms with van der Waals surface area (Å²) in [5.74, 6) is -0.755. The minimum absolute atomic E-state index is 0.155. The van der Waals surface area contributed by atoms with Gasteiger partial charge in [0.1, 0.15) is 4.21 Å². The summed E-state index contributed by atoms with van der Waals surface area (Å²) in [6, 6.07) is 2.97. The van der Waals surface area contributed by atoms with Crippen LogP contribution in [0.25, 0.3) is 0 Å². The van der Waals surface area contributed by atoms with E-state index in [4.69, 9.17) is 9.84 Å². The van der Waals surface area contributed by atoms with Crippen LogP contribution in [0.4, 0.5) is 0 Å². The first-order valence-electron chi connectivity index (χ1n) is 5.85. The summed E-state index contributed by atoms with van der Waals surface area (Å²) in [7, 11) is -3.54. The maximum atomic E-state index is 12.0. The summed E-state index contributed by atoms with van der Waals surface area (Å²) >= 11 is 0.988. The van der Waals surface area contributed by atoms with Crippen LogP contribution in [-0.4, -0.2) is 39.3 Å². The third-order valence-corrected chi connectivity index (χ3v) is 5.81. The topological polar surface area (TPSA) is 92.7 Å². The van der Waals surface area contributed by atoms with Crippen molar-refractivity contribution in [2.75, 3.05) is 19.8 Å². The van der Waals surface area contributed by atoms with E-state index >= 15 is 0 Å². The van der Waals surface area contributed by atoms with Crippen LogP contribution in [-0.2, 0) is 26.0 Å². The van der Waals surface area contributed by atoms with Crippen LogP contribution in [0, 0.1) is 5.92 Å². The number of rotatable bonds is 6. The van der Waals surface area contributed by atoms with Gasteiger partial charge in [-0.2, -0.15) is 0 Å². The highest BCUT2D eigenvalue weighted by atomic mass is 32.2. The number of thiophene rings is 1. The van der Waals surface area contributed by atoms with Gasteiger partial charge in [0.05, 0.1) is 13.0 Å². The standard InChI is InChI=1S/C11H15NO5S2/c13-10(14)5-9-1-2-11(18-9)19(15,16)12-6-8-3-4-17-7-8/h1-2,8,12H,3-7H2,(H,13,14). The van der Waals surface area contributed by atoms with Gasteiger partial charge in [0.2, 0.25) is 10.0 Å². The molecule has 19 heavy (non-hydrogen) atoms. The zero-order valence-corrected chi connectivity index (χ0v) is 11.8. The van der Waals surface area contributed by atoms with Gasteiger partial charge in [0.25, 0.3) is 0 Å². The van der Waals surface area contributed by atoms with Gasteiger partial charge in [0.15, 0.2) is 0 Å². The molecule has 1 aromatic heterocycles. The molecular formula is C11H15NO5S2. The molecule has 106 valence electrons. The number of ether oxygens (including phenoxy) is 1. The number of carbonyl (C=O) groups is 1. The molecule has 1 aliphatic rings. The predicted octanol–water partition coefficient (Wildman–Crippen LogP) is 0.690. The average Bonchev–Trinajstić information content (AvgIpc) is 2.96. The Bertz CT molecular complexity index is 545. The van der Waals surface area contributed by atoms with Crippen LogP contribution in [0.15, 0.2) is 16.3 Å². The molecule has 2 heterocycles. The Morgan fingerprint density at radius 2 is 2.32 bits per heavy atom. The van der Waals surface area contributed by atoms with E-state index in [-0.39, 0.29) is 16.5 Å². The summed E-state index contributed by atoms with van der Waals surface area (Å²) in [4.78, 5) is 11.1. The molecule has 1 atom stereocenters. The highest BCUT2D eigenvalue weighted by Gasteiger charge is 2.21. The summed E-state index contributed by atoms with van der Waals surface area (Å²) in [6.07, 6.45) is 0.702. The quantitative estimate of drug-likeness (QED) is 0.806. The fraction of sp³-hybridized carbons (Fsp3) is 0.545. The van der Waals surface area contributed by atoms with E-state index in [9.17, 15) is 13.2 Å². The minimum atomic E-state index is -3.54. The molecule has 0 saturated carbocycles. The molecule has 2 N–H and O–H groups in total. The highest BCUT2D eigenvalue weighted by molar-refractivity contribution is 7.91. The zero-order chi connectivity index (χ0) is 13.9. The minimum Gasteiger partial charge on any atom is -0.481 e. The molecule has 1 aromatic rings. The molecular weight excluding hydrogens is 290 g/mol. The number of sulfonamides is 1. The Kier molecular flexibility index (Phi) is 4.56. The summed E-state index contributed by atoms with van der Waals surface area (Å²) in [5, 5.41) is 8.65. The first-order valence-corrected chi connectivity index (χ1v) is 8.15. The van der Waals surface area contributed by atoms with Crippen molar-refractivity contribution in [2.45, 2.75) is 17.1 Å². The SMILES string of the molecule is O=C(O)Cc1ccc(S(=O)(=O)NCC2CCOC2)s1. The van der Waals surface area contributed by atoms with Crippen molar-refractivity contribution in [3.05, 3.63) is 17.0 Å². The molecule has 0 radical (unpaired) electrons. The van der Waals surface area contributed by atoms with Crippen LogP contribution in [0.3, 0.4) is 0 Å². The Hall–Kier alpha value is -0.960. The third-order valence-electron chi connectivity index (χ3n) is 2.81. The van der Waals surface area contributed by atoms with Crippen LogP contribution >= 0.6 is 11.3 Å². The van der Waals surface area contributed by atoms with E-state index in [1.165, 1.54) is 12.1 Å². The molecule has 6 nitrogen and oxygen atoms in total. The Morgan fingerprint density at radius 1 is 1.53 bits per heavy atom. The van der Waals surface area contributed by atoms with E-state index in [0.717, 1.165) is 17.8 Å². The van der Waals surface area contributed by atoms with Gasteiger partial charge in [-0.1, -0.05) is 0 Å². The molecule has 0 aromatic carbocycles. The molecule has 0 bridgehead atoms. The van der Waals surface area contributed by atoms with Crippen LogP contribution in [0.2, 0.25) is 0 Å². The maximum absolute atomic E-state index is 12.0. The van der Waals surface area contributed by atoms with Crippen molar-refractivity contribution < 1.29 is 23.1 Å². The monoisotopic (exact) mass is 305 g/mol. The summed E-state index contributed by atoms with van der Waals surface area (Å²) in [6.45, 7) is 1.61. The van der Waals surface area contributed by atoms with Crippen LogP contribution in [0.5, 0.6) is 0 Å². The van der Waals surface area contributed by atoms with Gasteiger partial charge in [-0.05, 0) is 24.5 Å². The number of carboxylic acid groups (broad SMARTS) is 1. The van der Waals surface area contributed by atoms with Crippen LogP contribution in [0.1, 0.15) is 11.3 Å². The molecule has 0 amide bonds. The number of hydrogen-bond acceptors (Lipinski definition) is 5. The fourth-order valence-corrected chi connectivity index (χ4v) is 4.30. The van der Waals surface area contributed by atoms with Crippen molar-refractivity contribution in [2.24, 2.45) is 5.92 Å². The van der Waals surface area contributed by atoms with E-state index < -0.39 is 16.0 Å². The lowest BCUT2D eigenvalue weighted by molar-refractivity contribution is -0.136. The summed E-state index contributed by atoms with van der Waals surface area (Å²) in [5.41, 5.74) is 0. The third kappa shape index (κ3) is 4.00. The normalized spacial score (nSPS) is 19.7. The smallest absolute Gasteiger partial charge is 0.308 e. The van der Waals surface area contributed by atoms with Gasteiger partial charge in [0, 0.05) is 18.0 Å². The molecule has 1 saturated heterocycles. The lowest BCUT2D eigenvalue weighted by Gasteiger charge is -2.08. The number of hydrogen-bond donors (Lipinski definition) is 2. The fourth-order valence-electron chi connectivity index (χ4n) is 1.79. The molecule has 0 aliphatic carbocycles. The number of carboxylic acids is 1. The second-order valence-corrected chi connectivity index (χ2v) is 7.53. The molecule has 1 fully saturated rings. The maximum Gasteiger partial charge on any atom is 0.308 e. The van der Waals surface area contributed by atoms with E-state index in [2.05, 4.69) is 4.72 Å². The van der Waals surface area contributed by atoms with Crippen molar-refractivity contribution in [3.8, 4) is 0 Å². The summed E-state index contributed by atoms with van der Waals surface area (Å²) < 4.78 is 31.9. The van der Waals surface area contributed by atoms with E-state index in [0.29, 0.717) is 24.6 Å². The second-order valence-electron chi connectivity index (χ2n) is 4.37. The molecule has 1 unspecified atom stereocenters. The van der Waals surface area contributed by atoms with Gasteiger partial charge < -0.3 is 9.84 Å². The van der Waals surface area contributed by atoms with Crippen LogP contribution < -0.4 is 4.72 Å². The van der Waals surface area contributed by atoms with Gasteiger partial charge in [-0.3, -0.25) is 4.79 Å². The van der Waals surface area contributed by atoms with E-state index in [1.807, 2.05) is 0 Å². The second kappa shape index (κ2) is 6.00. The molecule has 2 rings (SSSR count). The van der Waals surface area contributed by atoms with Gasteiger partial charge in [-0.25, -0.2) is 13.1 Å². The highest BCUT2D eigenvalue weighted by Crippen LogP contribution is 2.22. The van der Waals surface area contributed by atoms with Gasteiger partial charge in [-0.15, -0.1) is 11.3 Å². The van der Waals surface area contributed by atoms with Gasteiger partial charge >= 0.3 is 5.97 Å². The Morgan fingerprint density at radius 3 is 2.95 bits per heavy atom. The number of nitrogens with one attached hydrogen (secondary N) is 1. The van der Waals surface area contributed by atoms with Crippen molar-refractivity contribution in [1.29, 1.82) is 0 Å². The lowest BCUT2D eigenvalue weighted by atomic mass is 10.1. The molecule has 8 heteroatoms. The lowest BCUT2D eigenvalue weighted by Crippen LogP contribution is -2.29. The first-order chi connectivity index (χ1) is 8.97. The molecule has 0 spiro atoms. The first kappa shape index (κ1) is 14.4. The zero-order valence-electron chi connectivity index (χ0n) is 10.2. The van der Waals surface area contributed by atoms with Crippen molar-refractivity contribution in [3.63, 3.8) is 0 Å². The largest absolute Gasteiger partial charge is 0.481 e.